The molecule has 1 aromatic heterocycles. The molecule has 0 unspecified atom stereocenters. The van der Waals surface area contributed by atoms with E-state index in [1.54, 1.807) is 11.3 Å². The first-order chi connectivity index (χ1) is 10.2. The van der Waals surface area contributed by atoms with E-state index in [-0.39, 0.29) is 24.2 Å². The predicted molar refractivity (Wildman–Crippen MR) is 80.1 cm³/mol. The number of rotatable bonds is 4. The molecule has 0 spiro atoms. The van der Waals surface area contributed by atoms with E-state index >= 15 is 0 Å². The highest BCUT2D eigenvalue weighted by atomic mass is 32.1. The quantitative estimate of drug-likeness (QED) is 0.797. The zero-order valence-corrected chi connectivity index (χ0v) is 13.0. The third-order valence-corrected chi connectivity index (χ3v) is 4.93. The number of thiazole rings is 1. The van der Waals surface area contributed by atoms with Crippen molar-refractivity contribution in [1.82, 2.24) is 9.88 Å². The molecule has 0 N–H and O–H groups in total. The van der Waals surface area contributed by atoms with E-state index in [1.807, 2.05) is 17.2 Å². The highest BCUT2D eigenvalue weighted by molar-refractivity contribution is 7.09. The third kappa shape index (κ3) is 3.02. The molecule has 1 saturated carbocycles. The number of hydrogen-bond acceptors (Lipinski definition) is 5. The molecule has 6 heteroatoms. The van der Waals surface area contributed by atoms with Crippen LogP contribution in [0.1, 0.15) is 23.5 Å². The molecule has 1 aliphatic heterocycles. The first kappa shape index (κ1) is 14.7. The highest BCUT2D eigenvalue weighted by Crippen LogP contribution is 2.32. The summed E-state index contributed by atoms with van der Waals surface area (Å²) in [4.78, 5) is 18.2. The van der Waals surface area contributed by atoms with Crippen molar-refractivity contribution >= 4 is 17.2 Å². The molecular formula is C15H20N2O3S. The van der Waals surface area contributed by atoms with E-state index in [4.69, 9.17) is 9.47 Å². The summed E-state index contributed by atoms with van der Waals surface area (Å²) in [5.41, 5.74) is 0.968. The number of nitrogens with zero attached hydrogens (tertiary/aromatic N) is 2. The maximum atomic E-state index is 11.9. The van der Waals surface area contributed by atoms with E-state index in [2.05, 4.69) is 11.6 Å². The summed E-state index contributed by atoms with van der Waals surface area (Å²) in [5.74, 6) is -0.0101. The van der Waals surface area contributed by atoms with Crippen molar-refractivity contribution in [2.75, 3.05) is 13.2 Å². The van der Waals surface area contributed by atoms with Crippen LogP contribution >= 0.6 is 11.3 Å². The van der Waals surface area contributed by atoms with Gasteiger partial charge in [-0.1, -0.05) is 6.58 Å². The number of hydrogen-bond donors (Lipinski definition) is 0. The van der Waals surface area contributed by atoms with Gasteiger partial charge in [-0.25, -0.2) is 4.98 Å². The molecule has 114 valence electrons. The molecule has 3 atom stereocenters. The number of morpholine rings is 1. The minimum absolute atomic E-state index is 0.0101. The Morgan fingerprint density at radius 1 is 1.67 bits per heavy atom. The second kappa shape index (κ2) is 6.25. The smallest absolute Gasteiger partial charge is 0.246 e. The zero-order valence-electron chi connectivity index (χ0n) is 12.2. The molecule has 0 aromatic carbocycles. The maximum Gasteiger partial charge on any atom is 0.246 e. The van der Waals surface area contributed by atoms with Crippen LogP contribution in [-0.4, -0.2) is 47.2 Å². The Kier molecular flexibility index (Phi) is 4.37. The molecule has 21 heavy (non-hydrogen) atoms. The fourth-order valence-corrected chi connectivity index (χ4v) is 3.75. The van der Waals surface area contributed by atoms with Gasteiger partial charge in [0.2, 0.25) is 5.91 Å². The van der Waals surface area contributed by atoms with Gasteiger partial charge < -0.3 is 14.4 Å². The molecule has 2 aliphatic rings. The fourth-order valence-electron chi connectivity index (χ4n) is 3.15. The van der Waals surface area contributed by atoms with Crippen LogP contribution in [0.4, 0.5) is 0 Å². The Morgan fingerprint density at radius 2 is 2.52 bits per heavy atom. The molecule has 1 aliphatic carbocycles. The van der Waals surface area contributed by atoms with Gasteiger partial charge in [-0.2, -0.15) is 0 Å². The number of amides is 1. The second-order valence-corrected chi connectivity index (χ2v) is 6.49. The molecule has 1 amide bonds. The van der Waals surface area contributed by atoms with Crippen LogP contribution in [0.3, 0.4) is 0 Å². The van der Waals surface area contributed by atoms with E-state index in [9.17, 15) is 4.79 Å². The molecular weight excluding hydrogens is 288 g/mol. The average molecular weight is 308 g/mol. The Bertz CT molecular complexity index is 531. The van der Waals surface area contributed by atoms with Gasteiger partial charge in [-0.15, -0.1) is 11.3 Å². The van der Waals surface area contributed by atoms with Crippen molar-refractivity contribution in [2.24, 2.45) is 0 Å². The lowest BCUT2D eigenvalue weighted by Crippen LogP contribution is -2.53. The number of fused-ring (bicyclic) bond motifs is 1. The predicted octanol–water partition coefficient (Wildman–Crippen LogP) is 1.91. The maximum absolute atomic E-state index is 11.9. The number of carbonyl (C=O) groups is 1. The van der Waals surface area contributed by atoms with Gasteiger partial charge in [0.05, 0.1) is 36.1 Å². The first-order valence-electron chi connectivity index (χ1n) is 7.26. The van der Waals surface area contributed by atoms with E-state index in [0.717, 1.165) is 23.5 Å². The summed E-state index contributed by atoms with van der Waals surface area (Å²) in [6.07, 6.45) is 3.23. The van der Waals surface area contributed by atoms with Gasteiger partial charge in [0, 0.05) is 11.9 Å². The van der Waals surface area contributed by atoms with Crippen molar-refractivity contribution in [2.45, 2.75) is 44.6 Å². The third-order valence-electron chi connectivity index (χ3n) is 4.10. The van der Waals surface area contributed by atoms with E-state index in [0.29, 0.717) is 19.8 Å². The van der Waals surface area contributed by atoms with Crippen LogP contribution in [0.5, 0.6) is 0 Å². The highest BCUT2D eigenvalue weighted by Gasteiger charge is 2.44. The lowest BCUT2D eigenvalue weighted by molar-refractivity contribution is -0.147. The molecule has 0 bridgehead atoms. The molecule has 2 fully saturated rings. The van der Waals surface area contributed by atoms with Gasteiger partial charge in [-0.3, -0.25) is 4.79 Å². The van der Waals surface area contributed by atoms with Crippen molar-refractivity contribution < 1.29 is 14.3 Å². The van der Waals surface area contributed by atoms with E-state index < -0.39 is 0 Å². The Hall–Kier alpha value is -1.24. The fraction of sp³-hybridized carbons (Fsp3) is 0.600. The van der Waals surface area contributed by atoms with Gasteiger partial charge in [-0.05, 0) is 25.8 Å². The van der Waals surface area contributed by atoms with Gasteiger partial charge in [0.25, 0.3) is 0 Å². The summed E-state index contributed by atoms with van der Waals surface area (Å²) < 4.78 is 11.9. The molecule has 3 rings (SSSR count). The van der Waals surface area contributed by atoms with Crippen molar-refractivity contribution in [3.05, 3.63) is 28.7 Å². The molecule has 5 nitrogen and oxygen atoms in total. The monoisotopic (exact) mass is 308 g/mol. The summed E-state index contributed by atoms with van der Waals surface area (Å²) in [6.45, 7) is 7.29. The lowest BCUT2D eigenvalue weighted by Gasteiger charge is -2.38. The van der Waals surface area contributed by atoms with Gasteiger partial charge >= 0.3 is 0 Å². The average Bonchev–Trinajstić information content (AvgIpc) is 3.10. The summed E-state index contributed by atoms with van der Waals surface area (Å²) >= 11 is 1.63. The molecule has 1 saturated heterocycles. The second-order valence-electron chi connectivity index (χ2n) is 5.42. The van der Waals surface area contributed by atoms with Crippen molar-refractivity contribution in [3.63, 3.8) is 0 Å². The van der Waals surface area contributed by atoms with Gasteiger partial charge in [0.15, 0.2) is 0 Å². The normalized spacial score (nSPS) is 28.4. The summed E-state index contributed by atoms with van der Waals surface area (Å²) in [6, 6.07) is 0.117. The summed E-state index contributed by atoms with van der Waals surface area (Å²) in [5, 5.41) is 3.08. The minimum Gasteiger partial charge on any atom is -0.372 e. The van der Waals surface area contributed by atoms with Crippen LogP contribution in [0.2, 0.25) is 0 Å². The number of aryl methyl sites for hydroxylation is 1. The van der Waals surface area contributed by atoms with Crippen molar-refractivity contribution in [1.29, 1.82) is 0 Å². The van der Waals surface area contributed by atoms with Crippen LogP contribution in [0.15, 0.2) is 18.0 Å². The molecule has 1 aromatic rings. The topological polar surface area (TPSA) is 51.7 Å². The van der Waals surface area contributed by atoms with Crippen LogP contribution < -0.4 is 0 Å². The van der Waals surface area contributed by atoms with Crippen molar-refractivity contribution in [3.8, 4) is 0 Å². The first-order valence-corrected chi connectivity index (χ1v) is 8.14. The SMILES string of the molecule is C=CC(=O)N1CCO[C@H]2[C@H]1CC[C@H]2OCc1csc(C)n1. The summed E-state index contributed by atoms with van der Waals surface area (Å²) in [7, 11) is 0. The zero-order chi connectivity index (χ0) is 14.8. The standard InChI is InChI=1S/C15H20N2O3S/c1-3-14(18)17-6-7-19-15-12(17)4-5-13(15)20-8-11-9-21-10(2)16-11/h3,9,12-13,15H,1,4-8H2,2H3/t12-,13-,15+/m1/s1. The largest absolute Gasteiger partial charge is 0.372 e. The van der Waals surface area contributed by atoms with Crippen LogP contribution in [-0.2, 0) is 20.9 Å². The van der Waals surface area contributed by atoms with Gasteiger partial charge in [0.1, 0.15) is 6.10 Å². The number of ether oxygens (including phenoxy) is 2. The molecule has 2 heterocycles. The Morgan fingerprint density at radius 3 is 3.24 bits per heavy atom. The van der Waals surface area contributed by atoms with Crippen LogP contribution in [0.25, 0.3) is 0 Å². The minimum atomic E-state index is -0.0256. The Labute approximate surface area is 128 Å². The van der Waals surface area contributed by atoms with Crippen LogP contribution in [0, 0.1) is 6.92 Å². The Balaban J connectivity index is 1.61. The number of carbonyl (C=O) groups excluding carboxylic acids is 1. The lowest BCUT2D eigenvalue weighted by atomic mass is 10.1. The van der Waals surface area contributed by atoms with E-state index in [1.165, 1.54) is 6.08 Å². The molecule has 0 radical (unpaired) electrons. The number of aromatic nitrogens is 1.